The van der Waals surface area contributed by atoms with Crippen LogP contribution in [0.5, 0.6) is 0 Å². The number of aliphatic hydroxyl groups is 13. The molecule has 0 aromatic rings. The number of rotatable bonds is 52. The molecule has 4 fully saturated rings. The van der Waals surface area contributed by atoms with Gasteiger partial charge in [0, 0.05) is 13.3 Å². The smallest absolute Gasteiger partial charge is 0.220 e. The van der Waals surface area contributed by atoms with Crippen molar-refractivity contribution in [1.29, 1.82) is 0 Å². The molecule has 8 unspecified atom stereocenters. The molecule has 0 spiro atoms. The molecule has 4 saturated heterocycles. The van der Waals surface area contributed by atoms with Gasteiger partial charge in [-0.05, 0) is 44.9 Å². The third-order valence-electron chi connectivity index (χ3n) is 18.8. The first kappa shape index (κ1) is 85.0. The average molecular weight is 1370 g/mol. The molecule has 15 N–H and O–H groups in total. The fraction of sp³-hybridized carbons (Fsp3) is 0.914. The van der Waals surface area contributed by atoms with Gasteiger partial charge in [-0.15, -0.1) is 0 Å². The van der Waals surface area contributed by atoms with Crippen molar-refractivity contribution in [3.63, 3.8) is 0 Å². The van der Waals surface area contributed by atoms with Gasteiger partial charge in [0.2, 0.25) is 11.8 Å². The molecule has 4 aliphatic heterocycles. The number of carbonyl (C=O) groups is 2. The molecule has 4 rings (SSSR count). The van der Waals surface area contributed by atoms with Crippen molar-refractivity contribution in [2.24, 2.45) is 0 Å². The fourth-order valence-electron chi connectivity index (χ4n) is 12.8. The Kier molecular flexibility index (Phi) is 44.7. The molecule has 4 aliphatic rings. The molecule has 0 aromatic heterocycles. The summed E-state index contributed by atoms with van der Waals surface area (Å²) < 4.78 is 47.5. The highest BCUT2D eigenvalue weighted by molar-refractivity contribution is 5.76. The first-order valence-corrected chi connectivity index (χ1v) is 36.6. The summed E-state index contributed by atoms with van der Waals surface area (Å²) in [7, 11) is 0. The van der Waals surface area contributed by atoms with E-state index in [-0.39, 0.29) is 12.3 Å². The summed E-state index contributed by atoms with van der Waals surface area (Å²) in [5, 5.41) is 148. The number of amides is 2. The molecule has 4 heterocycles. The number of hydrogen-bond acceptors (Lipinski definition) is 23. The van der Waals surface area contributed by atoms with E-state index < -0.39 is 174 Å². The second-order valence-corrected chi connectivity index (χ2v) is 26.8. The third-order valence-corrected chi connectivity index (χ3v) is 18.8. The maximum atomic E-state index is 13.5. The molecule has 22 atom stereocenters. The molecule has 0 bridgehead atoms. The fourth-order valence-corrected chi connectivity index (χ4v) is 12.8. The van der Waals surface area contributed by atoms with E-state index in [2.05, 4.69) is 36.6 Å². The summed E-state index contributed by atoms with van der Waals surface area (Å²) >= 11 is 0. The summed E-state index contributed by atoms with van der Waals surface area (Å²) in [5.74, 6) is -1.04. The van der Waals surface area contributed by atoms with E-state index in [0.29, 0.717) is 12.8 Å². The topological polar surface area (TPSA) is 395 Å². The lowest BCUT2D eigenvalue weighted by atomic mass is 9.94. The van der Waals surface area contributed by atoms with Crippen LogP contribution in [0.1, 0.15) is 239 Å². The van der Waals surface area contributed by atoms with Crippen LogP contribution in [-0.4, -0.2) is 246 Å². The van der Waals surface area contributed by atoms with Crippen LogP contribution in [0.25, 0.3) is 0 Å². The molecule has 0 aliphatic carbocycles. The van der Waals surface area contributed by atoms with Crippen LogP contribution in [-0.2, 0) is 47.5 Å². The van der Waals surface area contributed by atoms with E-state index in [1.165, 1.54) is 154 Å². The lowest BCUT2D eigenvalue weighted by Crippen LogP contribution is -2.69. The minimum atomic E-state index is -2.17. The molecule has 0 radical (unpaired) electrons. The van der Waals surface area contributed by atoms with E-state index in [9.17, 15) is 76.0 Å². The maximum absolute atomic E-state index is 13.5. The Hall–Kier alpha value is -2.42. The van der Waals surface area contributed by atoms with Crippen LogP contribution in [0.3, 0.4) is 0 Å². The zero-order chi connectivity index (χ0) is 69.3. The monoisotopic (exact) mass is 1360 g/mol. The molecular formula is C70H128N2O23. The predicted molar refractivity (Wildman–Crippen MR) is 354 cm³/mol. The van der Waals surface area contributed by atoms with E-state index in [1.807, 2.05) is 6.08 Å². The minimum absolute atomic E-state index is 0.199. The molecule has 0 aromatic carbocycles. The van der Waals surface area contributed by atoms with Crippen molar-refractivity contribution < 1.29 is 114 Å². The van der Waals surface area contributed by atoms with E-state index in [4.69, 9.17) is 37.9 Å². The highest BCUT2D eigenvalue weighted by Gasteiger charge is 2.57. The molecule has 25 nitrogen and oxygen atoms in total. The van der Waals surface area contributed by atoms with Crippen LogP contribution < -0.4 is 10.6 Å². The number of hydrogen-bond donors (Lipinski definition) is 15. The van der Waals surface area contributed by atoms with E-state index in [1.54, 1.807) is 6.08 Å². The van der Waals surface area contributed by atoms with Gasteiger partial charge in [0.15, 0.2) is 25.2 Å². The Morgan fingerprint density at radius 2 is 0.789 bits per heavy atom. The summed E-state index contributed by atoms with van der Waals surface area (Å²) in [6.07, 6.45) is 11.3. The lowest BCUT2D eigenvalue weighted by molar-refractivity contribution is -0.395. The summed E-state index contributed by atoms with van der Waals surface area (Å²) in [5.41, 5.74) is 0. The minimum Gasteiger partial charge on any atom is -0.394 e. The van der Waals surface area contributed by atoms with Crippen LogP contribution in [0.15, 0.2) is 24.3 Å². The summed E-state index contributed by atoms with van der Waals surface area (Å²) in [6.45, 7) is 1.50. The van der Waals surface area contributed by atoms with Gasteiger partial charge >= 0.3 is 0 Å². The first-order valence-electron chi connectivity index (χ1n) is 36.6. The summed E-state index contributed by atoms with van der Waals surface area (Å²) in [6, 6.07) is -2.62. The van der Waals surface area contributed by atoms with Gasteiger partial charge in [-0.2, -0.15) is 0 Å². The third kappa shape index (κ3) is 30.8. The van der Waals surface area contributed by atoms with Gasteiger partial charge in [-0.1, -0.05) is 205 Å². The molecular weight excluding hydrogens is 1240 g/mol. The Labute approximate surface area is 565 Å². The first-order chi connectivity index (χ1) is 46.0. The van der Waals surface area contributed by atoms with Crippen molar-refractivity contribution in [2.75, 3.05) is 33.0 Å². The highest BCUT2D eigenvalue weighted by Crippen LogP contribution is 2.36. The van der Waals surface area contributed by atoms with E-state index in [0.717, 1.165) is 51.9 Å². The Bertz CT molecular complexity index is 2010. The van der Waals surface area contributed by atoms with Gasteiger partial charge in [0.1, 0.15) is 97.6 Å². The zero-order valence-corrected chi connectivity index (χ0v) is 57.5. The number of carbonyl (C=O) groups excluding carboxylic acids is 2. The highest BCUT2D eigenvalue weighted by atomic mass is 16.8. The number of unbranched alkanes of at least 4 members (excludes halogenated alkanes) is 30. The van der Waals surface area contributed by atoms with Crippen molar-refractivity contribution >= 4 is 11.8 Å². The van der Waals surface area contributed by atoms with Crippen molar-refractivity contribution in [1.82, 2.24) is 10.6 Å². The average Bonchev–Trinajstić information content (AvgIpc) is 0.780. The Morgan fingerprint density at radius 1 is 0.411 bits per heavy atom. The predicted octanol–water partition coefficient (Wildman–Crippen LogP) is 4.68. The van der Waals surface area contributed by atoms with Crippen molar-refractivity contribution in [3.8, 4) is 0 Å². The summed E-state index contributed by atoms with van der Waals surface area (Å²) in [4.78, 5) is 25.8. The van der Waals surface area contributed by atoms with E-state index >= 15 is 0 Å². The Balaban J connectivity index is 1.35. The van der Waals surface area contributed by atoms with Gasteiger partial charge in [-0.25, -0.2) is 0 Å². The lowest BCUT2D eigenvalue weighted by Gasteiger charge is -2.50. The van der Waals surface area contributed by atoms with Crippen molar-refractivity contribution in [3.05, 3.63) is 24.3 Å². The van der Waals surface area contributed by atoms with Gasteiger partial charge < -0.3 is 115 Å². The van der Waals surface area contributed by atoms with Crippen LogP contribution in [0.2, 0.25) is 0 Å². The SMILES string of the molecule is CCCCCCCC/C=C\CCCCCCCCCCCCCCCC(=O)N[C@@H](CO[C@@H]1OC(CO)[C@@H](O[C@@H]2OC(CO)[C@H](O[C@@H]3OC(CO)[C@H](O)[C@H](O)C3NC(C)=O)[C@H](O[C@H]3OC(CO)[C@H](O)[C@H](O)C3O)C2O)[C@H](O)C1O)[C@H](O)/C=C/CCCCCCCCCCCCC. The molecule has 556 valence electrons. The maximum Gasteiger partial charge on any atom is 0.220 e. The number of nitrogens with one attached hydrogen (secondary N) is 2. The van der Waals surface area contributed by atoms with Gasteiger partial charge in [0.25, 0.3) is 0 Å². The van der Waals surface area contributed by atoms with Crippen molar-refractivity contribution in [2.45, 2.75) is 374 Å². The quantitative estimate of drug-likeness (QED) is 0.0290. The molecule has 0 saturated carbocycles. The number of aliphatic hydroxyl groups excluding tert-OH is 13. The van der Waals surface area contributed by atoms with Crippen LogP contribution >= 0.6 is 0 Å². The Morgan fingerprint density at radius 3 is 1.27 bits per heavy atom. The normalized spacial score (nSPS) is 32.1. The number of ether oxygens (including phenoxy) is 8. The standard InChI is InChI=1S/C70H128N2O23/c1-4-6-8-10-12-14-16-18-19-20-21-22-23-24-25-26-27-29-31-33-35-37-39-41-54(79)72-48(49(78)40-38-36-34-32-30-28-17-15-13-11-9-7-5-2)46-88-68-62(86)60(84)64(52(44-75)91-68)93-70-63(87)66(95-69-61(85)59(83)57(81)51(43-74)90-69)65(53(45-76)92-70)94-67-55(71-47(3)77)58(82)56(80)50(42-73)89-67/h18-19,38,40,48-53,55-70,73-76,78,80-87H,4-17,20-37,39,41-46H2,1-3H3,(H,71,77)(H,72,79)/b19-18-,40-38+/t48-,49+,50?,51?,52?,53?,55?,56-,57-,58+,59-,60+,61?,62?,63?,64+,65-,66+,67-,68+,69+,70-/m0/s1. The second-order valence-electron chi connectivity index (χ2n) is 26.8. The molecule has 25 heteroatoms. The molecule has 2 amide bonds. The second kappa shape index (κ2) is 50.0. The van der Waals surface area contributed by atoms with Gasteiger partial charge in [0.05, 0.1) is 45.2 Å². The molecule has 95 heavy (non-hydrogen) atoms. The van der Waals surface area contributed by atoms with Crippen LogP contribution in [0, 0.1) is 0 Å². The van der Waals surface area contributed by atoms with Crippen LogP contribution in [0.4, 0.5) is 0 Å². The van der Waals surface area contributed by atoms with Gasteiger partial charge in [-0.3, -0.25) is 9.59 Å². The largest absolute Gasteiger partial charge is 0.394 e. The zero-order valence-electron chi connectivity index (χ0n) is 57.5. The number of allylic oxidation sites excluding steroid dienone is 3.